The topological polar surface area (TPSA) is 49.3 Å². The molecule has 2 unspecified atom stereocenters. The minimum atomic E-state index is -0.154. The number of ketones is 1. The first-order chi connectivity index (χ1) is 8.70. The fraction of sp³-hybridized carbons (Fsp3) is 0.533. The van der Waals surface area contributed by atoms with Gasteiger partial charge in [-0.2, -0.15) is 0 Å². The molecule has 0 saturated heterocycles. The zero-order valence-corrected chi connectivity index (χ0v) is 10.9. The van der Waals surface area contributed by atoms with Crippen LogP contribution in [0.3, 0.4) is 0 Å². The lowest BCUT2D eigenvalue weighted by Gasteiger charge is -2.16. The van der Waals surface area contributed by atoms with Gasteiger partial charge in [0.25, 0.3) is 0 Å². The van der Waals surface area contributed by atoms with Crippen molar-refractivity contribution in [2.75, 3.05) is 11.9 Å². The van der Waals surface area contributed by atoms with Gasteiger partial charge in [0.1, 0.15) is 0 Å². The van der Waals surface area contributed by atoms with E-state index >= 15 is 0 Å². The third kappa shape index (κ3) is 3.10. The Balaban J connectivity index is 1.88. The van der Waals surface area contributed by atoms with E-state index in [1.807, 2.05) is 31.2 Å². The number of rotatable bonds is 5. The number of nitrogens with one attached hydrogen (secondary N) is 1. The van der Waals surface area contributed by atoms with Gasteiger partial charge in [-0.3, -0.25) is 4.79 Å². The normalized spacial score (nSPS) is 23.0. The molecule has 0 heterocycles. The van der Waals surface area contributed by atoms with Crippen molar-refractivity contribution in [2.45, 2.75) is 38.7 Å². The van der Waals surface area contributed by atoms with Crippen molar-refractivity contribution in [1.29, 1.82) is 0 Å². The fourth-order valence-corrected chi connectivity index (χ4v) is 2.48. The van der Waals surface area contributed by atoms with E-state index in [0.29, 0.717) is 12.3 Å². The maximum absolute atomic E-state index is 11.5. The number of carbonyl (C=O) groups excluding carboxylic acids is 1. The summed E-state index contributed by atoms with van der Waals surface area (Å²) in [6.45, 7) is 2.68. The van der Waals surface area contributed by atoms with Crippen molar-refractivity contribution in [3.63, 3.8) is 0 Å². The maximum atomic E-state index is 11.5. The van der Waals surface area contributed by atoms with E-state index in [4.69, 9.17) is 0 Å². The first-order valence-electron chi connectivity index (χ1n) is 6.76. The van der Waals surface area contributed by atoms with Crippen LogP contribution in [-0.4, -0.2) is 23.5 Å². The van der Waals surface area contributed by atoms with Gasteiger partial charge in [-0.05, 0) is 37.1 Å². The van der Waals surface area contributed by atoms with Gasteiger partial charge >= 0.3 is 0 Å². The smallest absolute Gasteiger partial charge is 0.162 e. The van der Waals surface area contributed by atoms with Gasteiger partial charge in [-0.15, -0.1) is 0 Å². The Morgan fingerprint density at radius 3 is 2.61 bits per heavy atom. The molecule has 18 heavy (non-hydrogen) atoms. The van der Waals surface area contributed by atoms with E-state index in [-0.39, 0.29) is 11.9 Å². The van der Waals surface area contributed by atoms with Gasteiger partial charge in [-0.25, -0.2) is 0 Å². The van der Waals surface area contributed by atoms with Crippen LogP contribution in [0.2, 0.25) is 0 Å². The molecule has 1 aliphatic rings. The highest BCUT2D eigenvalue weighted by atomic mass is 16.3. The number of hydrogen-bond donors (Lipinski definition) is 2. The molecule has 1 aromatic carbocycles. The molecule has 2 rings (SSSR count). The highest BCUT2D eigenvalue weighted by molar-refractivity contribution is 5.96. The van der Waals surface area contributed by atoms with Crippen molar-refractivity contribution in [1.82, 2.24) is 0 Å². The molecule has 1 saturated carbocycles. The number of Topliss-reactive ketones (excluding diaryl/α,β-unsaturated/α-hetero) is 1. The molecule has 0 bridgehead atoms. The van der Waals surface area contributed by atoms with Crippen LogP contribution in [0, 0.1) is 5.92 Å². The Bertz CT molecular complexity index is 399. The predicted molar refractivity (Wildman–Crippen MR) is 72.9 cm³/mol. The van der Waals surface area contributed by atoms with Crippen LogP contribution in [0.25, 0.3) is 0 Å². The van der Waals surface area contributed by atoms with E-state index in [2.05, 4.69) is 5.32 Å². The van der Waals surface area contributed by atoms with Gasteiger partial charge in [0, 0.05) is 30.1 Å². The van der Waals surface area contributed by atoms with Crippen LogP contribution >= 0.6 is 0 Å². The molecule has 1 aliphatic carbocycles. The first-order valence-corrected chi connectivity index (χ1v) is 6.76. The summed E-state index contributed by atoms with van der Waals surface area (Å²) >= 11 is 0. The van der Waals surface area contributed by atoms with E-state index in [1.54, 1.807) is 0 Å². The molecule has 1 fully saturated rings. The van der Waals surface area contributed by atoms with Crippen LogP contribution in [-0.2, 0) is 0 Å². The second kappa shape index (κ2) is 6.01. The highest BCUT2D eigenvalue weighted by Crippen LogP contribution is 2.25. The van der Waals surface area contributed by atoms with E-state index in [1.165, 1.54) is 0 Å². The predicted octanol–water partition coefficient (Wildman–Crippen LogP) is 2.85. The number of aliphatic hydroxyl groups is 1. The van der Waals surface area contributed by atoms with Crippen LogP contribution < -0.4 is 5.32 Å². The molecule has 0 radical (unpaired) electrons. The van der Waals surface area contributed by atoms with Gasteiger partial charge in [0.15, 0.2) is 5.78 Å². The number of aliphatic hydroxyl groups excluding tert-OH is 1. The third-order valence-corrected chi connectivity index (χ3v) is 3.72. The Kier molecular flexibility index (Phi) is 4.37. The quantitative estimate of drug-likeness (QED) is 0.787. The van der Waals surface area contributed by atoms with Gasteiger partial charge in [-0.1, -0.05) is 13.3 Å². The Labute approximate surface area is 108 Å². The van der Waals surface area contributed by atoms with E-state index in [9.17, 15) is 9.90 Å². The molecular weight excluding hydrogens is 226 g/mol. The van der Waals surface area contributed by atoms with Gasteiger partial charge < -0.3 is 10.4 Å². The number of benzene rings is 1. The van der Waals surface area contributed by atoms with E-state index < -0.39 is 0 Å². The highest BCUT2D eigenvalue weighted by Gasteiger charge is 2.24. The fourth-order valence-electron chi connectivity index (χ4n) is 2.48. The molecule has 0 amide bonds. The lowest BCUT2D eigenvalue weighted by Crippen LogP contribution is -2.21. The molecule has 3 heteroatoms. The summed E-state index contributed by atoms with van der Waals surface area (Å²) in [4.78, 5) is 11.5. The first kappa shape index (κ1) is 13.1. The second-order valence-corrected chi connectivity index (χ2v) is 4.99. The second-order valence-electron chi connectivity index (χ2n) is 4.99. The minimum absolute atomic E-state index is 0.154. The van der Waals surface area contributed by atoms with Crippen LogP contribution in [0.5, 0.6) is 0 Å². The lowest BCUT2D eigenvalue weighted by atomic mass is 10.1. The summed E-state index contributed by atoms with van der Waals surface area (Å²) in [6.07, 6.45) is 3.54. The van der Waals surface area contributed by atoms with Crippen LogP contribution in [0.4, 0.5) is 5.69 Å². The number of hydrogen-bond acceptors (Lipinski definition) is 3. The van der Waals surface area contributed by atoms with E-state index in [0.717, 1.165) is 37.1 Å². The zero-order chi connectivity index (χ0) is 13.0. The summed E-state index contributed by atoms with van der Waals surface area (Å²) in [7, 11) is 0. The molecule has 3 nitrogen and oxygen atoms in total. The standard InChI is InChI=1S/C15H21NO2/c1-2-14(17)11-6-8-13(9-7-11)16-10-12-4-3-5-15(12)18/h6-9,12,15-16,18H,2-5,10H2,1H3. The number of anilines is 1. The zero-order valence-electron chi connectivity index (χ0n) is 10.9. The molecular formula is C15H21NO2. The summed E-state index contributed by atoms with van der Waals surface area (Å²) in [6, 6.07) is 7.59. The summed E-state index contributed by atoms with van der Waals surface area (Å²) in [5, 5.41) is 13.1. The Morgan fingerprint density at radius 2 is 2.06 bits per heavy atom. The molecule has 0 spiro atoms. The minimum Gasteiger partial charge on any atom is -0.393 e. The van der Waals surface area contributed by atoms with Gasteiger partial charge in [0.2, 0.25) is 0 Å². The monoisotopic (exact) mass is 247 g/mol. The van der Waals surface area contributed by atoms with Crippen molar-refractivity contribution >= 4 is 11.5 Å². The summed E-state index contributed by atoms with van der Waals surface area (Å²) < 4.78 is 0. The Hall–Kier alpha value is -1.35. The molecule has 0 aliphatic heterocycles. The van der Waals surface area contributed by atoms with Crippen LogP contribution in [0.1, 0.15) is 43.0 Å². The molecule has 0 aromatic heterocycles. The van der Waals surface area contributed by atoms with Crippen molar-refractivity contribution < 1.29 is 9.90 Å². The average molecular weight is 247 g/mol. The molecule has 2 N–H and O–H groups in total. The largest absolute Gasteiger partial charge is 0.393 e. The lowest BCUT2D eigenvalue weighted by molar-refractivity contribution is 0.0988. The third-order valence-electron chi connectivity index (χ3n) is 3.72. The molecule has 2 atom stereocenters. The number of carbonyl (C=O) groups is 1. The van der Waals surface area contributed by atoms with Crippen molar-refractivity contribution in [2.24, 2.45) is 5.92 Å². The summed E-state index contributed by atoms with van der Waals surface area (Å²) in [5.41, 5.74) is 1.78. The van der Waals surface area contributed by atoms with Crippen LogP contribution in [0.15, 0.2) is 24.3 Å². The average Bonchev–Trinajstić information content (AvgIpc) is 2.81. The molecule has 98 valence electrons. The van der Waals surface area contributed by atoms with Crippen molar-refractivity contribution in [3.8, 4) is 0 Å². The molecule has 1 aromatic rings. The summed E-state index contributed by atoms with van der Waals surface area (Å²) in [5.74, 6) is 0.537. The SMILES string of the molecule is CCC(=O)c1ccc(NCC2CCCC2O)cc1. The van der Waals surface area contributed by atoms with Gasteiger partial charge in [0.05, 0.1) is 6.10 Å². The van der Waals surface area contributed by atoms with Crippen molar-refractivity contribution in [3.05, 3.63) is 29.8 Å². The Morgan fingerprint density at radius 1 is 1.33 bits per heavy atom. The maximum Gasteiger partial charge on any atom is 0.162 e.